The van der Waals surface area contributed by atoms with Crippen molar-refractivity contribution < 1.29 is 27.6 Å². The standard InChI is InChI=1S/C19H17F3N2O3/c1-13(25)24(16-5-3-2-4-6-16)12-14-7-9-15(10-8-14)17(26)11-23-18(27)19(20,21)22/h2-10H,11-12H2,1H3,(H,23,27). The second-order valence-electron chi connectivity index (χ2n) is 5.74. The maximum absolute atomic E-state index is 12.1. The Morgan fingerprint density at radius 1 is 0.963 bits per heavy atom. The monoisotopic (exact) mass is 378 g/mol. The molecule has 0 saturated heterocycles. The van der Waals surface area contributed by atoms with Crippen molar-refractivity contribution in [1.82, 2.24) is 5.32 Å². The van der Waals surface area contributed by atoms with E-state index in [1.54, 1.807) is 29.2 Å². The minimum Gasteiger partial charge on any atom is -0.341 e. The summed E-state index contributed by atoms with van der Waals surface area (Å²) in [6.07, 6.45) is -5.03. The molecule has 8 heteroatoms. The Labute approximate surface area is 153 Å². The Balaban J connectivity index is 2.03. The van der Waals surface area contributed by atoms with Gasteiger partial charge in [-0.1, -0.05) is 42.5 Å². The number of ketones is 1. The molecular weight excluding hydrogens is 361 g/mol. The molecule has 0 fully saturated rings. The van der Waals surface area contributed by atoms with E-state index >= 15 is 0 Å². The summed E-state index contributed by atoms with van der Waals surface area (Å²) in [6.45, 7) is 0.966. The lowest BCUT2D eigenvalue weighted by Gasteiger charge is -2.21. The molecule has 27 heavy (non-hydrogen) atoms. The third kappa shape index (κ3) is 5.67. The average Bonchev–Trinajstić information content (AvgIpc) is 2.64. The van der Waals surface area contributed by atoms with Crippen LogP contribution in [0.25, 0.3) is 0 Å². The van der Waals surface area contributed by atoms with Crippen LogP contribution in [0.5, 0.6) is 0 Å². The first-order valence-corrected chi connectivity index (χ1v) is 7.99. The van der Waals surface area contributed by atoms with Crippen molar-refractivity contribution in [3.63, 3.8) is 0 Å². The Bertz CT molecular complexity index is 818. The number of rotatable bonds is 6. The van der Waals surface area contributed by atoms with Crippen molar-refractivity contribution in [3.05, 3.63) is 65.7 Å². The van der Waals surface area contributed by atoms with Crippen LogP contribution in [0, 0.1) is 0 Å². The van der Waals surface area contributed by atoms with Crippen molar-refractivity contribution in [2.75, 3.05) is 11.4 Å². The Hall–Kier alpha value is -3.16. The van der Waals surface area contributed by atoms with Gasteiger partial charge in [-0.05, 0) is 17.7 Å². The van der Waals surface area contributed by atoms with E-state index in [4.69, 9.17) is 0 Å². The molecule has 5 nitrogen and oxygen atoms in total. The molecule has 0 spiro atoms. The van der Waals surface area contributed by atoms with Crippen molar-refractivity contribution >= 4 is 23.3 Å². The van der Waals surface area contributed by atoms with Gasteiger partial charge in [-0.15, -0.1) is 0 Å². The lowest BCUT2D eigenvalue weighted by Crippen LogP contribution is -2.39. The van der Waals surface area contributed by atoms with Gasteiger partial charge >= 0.3 is 12.1 Å². The molecular formula is C19H17F3N2O3. The maximum atomic E-state index is 12.1. The summed E-state index contributed by atoms with van der Waals surface area (Å²) in [5.74, 6) is -2.96. The number of carbonyl (C=O) groups is 3. The van der Waals surface area contributed by atoms with Crippen LogP contribution in [-0.4, -0.2) is 30.3 Å². The molecule has 2 aromatic rings. The van der Waals surface area contributed by atoms with Gasteiger partial charge in [0, 0.05) is 18.2 Å². The summed E-state index contributed by atoms with van der Waals surface area (Å²) in [7, 11) is 0. The number of nitrogens with one attached hydrogen (secondary N) is 1. The minimum absolute atomic E-state index is 0.156. The fraction of sp³-hybridized carbons (Fsp3) is 0.211. The number of anilines is 1. The second-order valence-corrected chi connectivity index (χ2v) is 5.74. The van der Waals surface area contributed by atoms with Crippen LogP contribution < -0.4 is 10.2 Å². The van der Waals surface area contributed by atoms with Gasteiger partial charge in [-0.3, -0.25) is 14.4 Å². The van der Waals surface area contributed by atoms with Gasteiger partial charge in [-0.25, -0.2) is 0 Å². The molecule has 2 aromatic carbocycles. The molecule has 0 unspecified atom stereocenters. The molecule has 0 aliphatic heterocycles. The lowest BCUT2D eigenvalue weighted by atomic mass is 10.1. The van der Waals surface area contributed by atoms with Crippen molar-refractivity contribution in [2.45, 2.75) is 19.6 Å². The topological polar surface area (TPSA) is 66.5 Å². The van der Waals surface area contributed by atoms with Crippen molar-refractivity contribution in [2.24, 2.45) is 0 Å². The van der Waals surface area contributed by atoms with E-state index in [0.717, 1.165) is 11.3 Å². The highest BCUT2D eigenvalue weighted by Gasteiger charge is 2.38. The van der Waals surface area contributed by atoms with E-state index in [1.807, 2.05) is 18.2 Å². The first-order chi connectivity index (χ1) is 12.7. The average molecular weight is 378 g/mol. The number of para-hydroxylation sites is 1. The van der Waals surface area contributed by atoms with E-state index in [9.17, 15) is 27.6 Å². The summed E-state index contributed by atoms with van der Waals surface area (Å²) in [4.78, 5) is 36.1. The van der Waals surface area contributed by atoms with Crippen LogP contribution in [0.1, 0.15) is 22.8 Å². The molecule has 0 aliphatic carbocycles. The highest BCUT2D eigenvalue weighted by Crippen LogP contribution is 2.18. The highest BCUT2D eigenvalue weighted by atomic mass is 19.4. The number of nitrogens with zero attached hydrogens (tertiary/aromatic N) is 1. The molecule has 0 bridgehead atoms. The van der Waals surface area contributed by atoms with Gasteiger partial charge < -0.3 is 10.2 Å². The second kappa shape index (κ2) is 8.48. The summed E-state index contributed by atoms with van der Waals surface area (Å²) in [6, 6.07) is 15.1. The van der Waals surface area contributed by atoms with Crippen LogP contribution in [0.2, 0.25) is 0 Å². The van der Waals surface area contributed by atoms with Gasteiger partial charge in [0.1, 0.15) is 0 Å². The number of carbonyl (C=O) groups excluding carboxylic acids is 3. The summed E-state index contributed by atoms with van der Waals surface area (Å²) < 4.78 is 36.4. The van der Waals surface area contributed by atoms with Crippen LogP contribution in [0.3, 0.4) is 0 Å². The lowest BCUT2D eigenvalue weighted by molar-refractivity contribution is -0.173. The first-order valence-electron chi connectivity index (χ1n) is 7.99. The number of alkyl halides is 3. The number of hydrogen-bond donors (Lipinski definition) is 1. The van der Waals surface area contributed by atoms with E-state index in [-0.39, 0.29) is 18.0 Å². The fourth-order valence-corrected chi connectivity index (χ4v) is 2.33. The fourth-order valence-electron chi connectivity index (χ4n) is 2.33. The van der Waals surface area contributed by atoms with E-state index in [2.05, 4.69) is 0 Å². The van der Waals surface area contributed by atoms with Crippen LogP contribution in [0.15, 0.2) is 54.6 Å². The van der Waals surface area contributed by atoms with Crippen molar-refractivity contribution in [1.29, 1.82) is 0 Å². The zero-order chi connectivity index (χ0) is 20.0. The third-order valence-electron chi connectivity index (χ3n) is 3.73. The summed E-state index contributed by atoms with van der Waals surface area (Å²) in [5, 5.41) is 1.54. The smallest absolute Gasteiger partial charge is 0.341 e. The number of halogens is 3. The molecule has 0 aliphatic rings. The Morgan fingerprint density at radius 2 is 1.56 bits per heavy atom. The van der Waals surface area contributed by atoms with Crippen molar-refractivity contribution in [3.8, 4) is 0 Å². The molecule has 0 atom stereocenters. The normalized spacial score (nSPS) is 11.0. The SMILES string of the molecule is CC(=O)N(Cc1ccc(C(=O)CNC(=O)C(F)(F)F)cc1)c1ccccc1. The summed E-state index contributed by atoms with van der Waals surface area (Å²) >= 11 is 0. The van der Waals surface area contributed by atoms with Crippen LogP contribution in [0.4, 0.5) is 18.9 Å². The van der Waals surface area contributed by atoms with Gasteiger partial charge in [0.15, 0.2) is 5.78 Å². The summed E-state index contributed by atoms with van der Waals surface area (Å²) in [5.41, 5.74) is 1.63. The Kier molecular flexibility index (Phi) is 6.33. The van der Waals surface area contributed by atoms with E-state index in [0.29, 0.717) is 0 Å². The number of benzene rings is 2. The quantitative estimate of drug-likeness (QED) is 0.786. The predicted molar refractivity (Wildman–Crippen MR) is 93.1 cm³/mol. The molecule has 0 saturated carbocycles. The number of hydrogen-bond acceptors (Lipinski definition) is 3. The molecule has 0 heterocycles. The van der Waals surface area contributed by atoms with Gasteiger partial charge in [0.05, 0.1) is 13.1 Å². The van der Waals surface area contributed by atoms with E-state index in [1.165, 1.54) is 24.4 Å². The van der Waals surface area contributed by atoms with Gasteiger partial charge in [0.2, 0.25) is 5.91 Å². The molecule has 1 N–H and O–H groups in total. The highest BCUT2D eigenvalue weighted by molar-refractivity contribution is 5.99. The van der Waals surface area contributed by atoms with Gasteiger partial charge in [-0.2, -0.15) is 13.2 Å². The van der Waals surface area contributed by atoms with Crippen LogP contribution in [-0.2, 0) is 16.1 Å². The van der Waals surface area contributed by atoms with E-state index < -0.39 is 24.4 Å². The maximum Gasteiger partial charge on any atom is 0.471 e. The molecule has 142 valence electrons. The molecule has 2 amide bonds. The number of Topliss-reactive ketones (excluding diaryl/α,β-unsaturated/α-hetero) is 1. The Morgan fingerprint density at radius 3 is 2.07 bits per heavy atom. The molecule has 2 rings (SSSR count). The molecule has 0 radical (unpaired) electrons. The van der Waals surface area contributed by atoms with Crippen LogP contribution >= 0.6 is 0 Å². The zero-order valence-electron chi connectivity index (χ0n) is 14.4. The largest absolute Gasteiger partial charge is 0.471 e. The van der Waals surface area contributed by atoms with Gasteiger partial charge in [0.25, 0.3) is 0 Å². The number of amides is 2. The third-order valence-corrected chi connectivity index (χ3v) is 3.73. The predicted octanol–water partition coefficient (Wildman–Crippen LogP) is 3.10. The minimum atomic E-state index is -5.03. The first kappa shape index (κ1) is 20.2. The molecule has 0 aromatic heterocycles. The zero-order valence-corrected chi connectivity index (χ0v) is 14.4.